The molecule has 0 saturated carbocycles. The maximum absolute atomic E-state index is 10.3. The monoisotopic (exact) mass is 356 g/mol. The van der Waals surface area contributed by atoms with E-state index in [-0.39, 0.29) is 6.42 Å². The lowest BCUT2D eigenvalue weighted by Crippen LogP contribution is -1.91. The van der Waals surface area contributed by atoms with Crippen LogP contribution in [0.1, 0.15) is 71.1 Å². The molecule has 0 aromatic rings. The normalized spacial score (nSPS) is 13.0. The largest absolute Gasteiger partial charge is 0.481 e. The van der Waals surface area contributed by atoms with Gasteiger partial charge in [-0.05, 0) is 57.8 Å². The van der Waals surface area contributed by atoms with Crippen molar-refractivity contribution in [1.82, 2.24) is 0 Å². The van der Waals surface area contributed by atoms with Gasteiger partial charge in [0.05, 0.1) is 0 Å². The molecule has 2 nitrogen and oxygen atoms in total. The van der Waals surface area contributed by atoms with Crippen LogP contribution in [0.2, 0.25) is 0 Å². The Morgan fingerprint density at radius 3 is 1.54 bits per heavy atom. The number of unbranched alkanes of at least 4 members (excludes halogenated alkanes) is 3. The van der Waals surface area contributed by atoms with Crippen molar-refractivity contribution in [2.45, 2.75) is 71.1 Å². The van der Waals surface area contributed by atoms with Crippen LogP contribution in [0.4, 0.5) is 0 Å². The van der Waals surface area contributed by atoms with Crippen LogP contribution < -0.4 is 0 Å². The summed E-state index contributed by atoms with van der Waals surface area (Å²) in [6.45, 7) is 2.14. The van der Waals surface area contributed by atoms with Gasteiger partial charge in [0.25, 0.3) is 0 Å². The van der Waals surface area contributed by atoms with Gasteiger partial charge in [0, 0.05) is 6.42 Å². The maximum Gasteiger partial charge on any atom is 0.303 e. The summed E-state index contributed by atoms with van der Waals surface area (Å²) in [5.41, 5.74) is 0. The molecule has 0 aliphatic rings. The van der Waals surface area contributed by atoms with Crippen LogP contribution in [0.3, 0.4) is 0 Å². The Balaban J connectivity index is 3.44. The predicted molar refractivity (Wildman–Crippen MR) is 114 cm³/mol. The molecule has 0 aromatic heterocycles. The van der Waals surface area contributed by atoms with Gasteiger partial charge in [-0.1, -0.05) is 79.8 Å². The summed E-state index contributed by atoms with van der Waals surface area (Å²) >= 11 is 0. The van der Waals surface area contributed by atoms with Crippen molar-refractivity contribution < 1.29 is 9.90 Å². The maximum atomic E-state index is 10.3. The van der Waals surface area contributed by atoms with Crippen LogP contribution in [0.25, 0.3) is 0 Å². The average Bonchev–Trinajstić information content (AvgIpc) is 2.62. The SMILES string of the molecule is CCC=CC=CCCC=CCC=CCCC=CCCC=CCCC(=O)O. The lowest BCUT2D eigenvalue weighted by atomic mass is 10.2. The van der Waals surface area contributed by atoms with E-state index in [4.69, 9.17) is 5.11 Å². The molecule has 26 heavy (non-hydrogen) atoms. The number of carboxylic acids is 1. The number of allylic oxidation sites excluding steroid dienone is 12. The fourth-order valence-corrected chi connectivity index (χ4v) is 2.15. The Bertz CT molecular complexity index is 490. The zero-order valence-electron chi connectivity index (χ0n) is 16.4. The van der Waals surface area contributed by atoms with Crippen molar-refractivity contribution in [3.63, 3.8) is 0 Å². The number of carbonyl (C=O) groups is 1. The minimum atomic E-state index is -0.731. The molecule has 0 aromatic carbocycles. The molecule has 0 aliphatic carbocycles. The molecular weight excluding hydrogens is 320 g/mol. The predicted octanol–water partition coefficient (Wildman–Crippen LogP) is 7.33. The highest BCUT2D eigenvalue weighted by molar-refractivity contribution is 5.66. The van der Waals surface area contributed by atoms with E-state index in [2.05, 4.69) is 73.8 Å². The third-order valence-electron chi connectivity index (χ3n) is 3.58. The standard InChI is InChI=1S/C24H36O2/c1-2-3-4-5-6-7-8-9-10-11-12-13-14-15-16-17-18-19-20-21-22-23-24(25)26/h3-6,9-10,12-13,16-17,20-21H,2,7-8,11,14-15,18-19,22-23H2,1H3,(H,25,26). The van der Waals surface area contributed by atoms with E-state index in [9.17, 15) is 4.79 Å². The van der Waals surface area contributed by atoms with Gasteiger partial charge in [0.15, 0.2) is 0 Å². The minimum absolute atomic E-state index is 0.224. The number of hydrogen-bond acceptors (Lipinski definition) is 1. The first-order chi connectivity index (χ1) is 12.8. The molecule has 0 spiro atoms. The topological polar surface area (TPSA) is 37.3 Å². The van der Waals surface area contributed by atoms with Crippen molar-refractivity contribution in [1.29, 1.82) is 0 Å². The highest BCUT2D eigenvalue weighted by Crippen LogP contribution is 2.01. The van der Waals surface area contributed by atoms with Crippen LogP contribution >= 0.6 is 0 Å². The summed E-state index contributed by atoms with van der Waals surface area (Å²) in [4.78, 5) is 10.3. The number of rotatable bonds is 16. The van der Waals surface area contributed by atoms with E-state index in [1.165, 1.54) is 0 Å². The first kappa shape index (κ1) is 23.9. The van der Waals surface area contributed by atoms with Gasteiger partial charge in [-0.3, -0.25) is 4.79 Å². The highest BCUT2D eigenvalue weighted by atomic mass is 16.4. The molecule has 0 bridgehead atoms. The molecule has 1 N–H and O–H groups in total. The van der Waals surface area contributed by atoms with Crippen LogP contribution in [0, 0.1) is 0 Å². The Hall–Kier alpha value is -2.09. The van der Waals surface area contributed by atoms with Gasteiger partial charge < -0.3 is 5.11 Å². The van der Waals surface area contributed by atoms with Crippen molar-refractivity contribution in [3.05, 3.63) is 72.9 Å². The number of carboxylic acid groups (broad SMARTS) is 1. The molecule has 0 amide bonds. The lowest BCUT2D eigenvalue weighted by Gasteiger charge is -1.90. The van der Waals surface area contributed by atoms with Gasteiger partial charge in [-0.15, -0.1) is 0 Å². The third-order valence-corrected chi connectivity index (χ3v) is 3.58. The van der Waals surface area contributed by atoms with Crippen molar-refractivity contribution >= 4 is 5.97 Å². The average molecular weight is 357 g/mol. The van der Waals surface area contributed by atoms with E-state index in [1.54, 1.807) is 0 Å². The summed E-state index contributed by atoms with van der Waals surface area (Å²) in [6.07, 6.45) is 35.4. The molecule has 0 rings (SSSR count). The van der Waals surface area contributed by atoms with Crippen LogP contribution in [-0.4, -0.2) is 11.1 Å². The molecule has 0 heterocycles. The first-order valence-electron chi connectivity index (χ1n) is 9.90. The molecule has 2 heteroatoms. The van der Waals surface area contributed by atoms with E-state index in [0.29, 0.717) is 6.42 Å². The second kappa shape index (κ2) is 21.0. The van der Waals surface area contributed by atoms with Crippen LogP contribution in [-0.2, 0) is 4.79 Å². The van der Waals surface area contributed by atoms with Gasteiger partial charge >= 0.3 is 5.97 Å². The molecule has 0 aliphatic heterocycles. The summed E-state index contributed by atoms with van der Waals surface area (Å²) in [6, 6.07) is 0. The summed E-state index contributed by atoms with van der Waals surface area (Å²) in [5.74, 6) is -0.731. The minimum Gasteiger partial charge on any atom is -0.481 e. The van der Waals surface area contributed by atoms with Gasteiger partial charge in [0.1, 0.15) is 0 Å². The molecule has 0 atom stereocenters. The van der Waals surface area contributed by atoms with Gasteiger partial charge in [-0.25, -0.2) is 0 Å². The van der Waals surface area contributed by atoms with Crippen molar-refractivity contribution in [3.8, 4) is 0 Å². The molecule has 144 valence electrons. The van der Waals surface area contributed by atoms with E-state index in [0.717, 1.165) is 51.4 Å². The molecular formula is C24H36O2. The summed E-state index contributed by atoms with van der Waals surface area (Å²) in [5, 5.41) is 8.51. The van der Waals surface area contributed by atoms with Crippen molar-refractivity contribution in [2.24, 2.45) is 0 Å². The second-order valence-corrected chi connectivity index (χ2v) is 6.05. The lowest BCUT2D eigenvalue weighted by molar-refractivity contribution is -0.136. The smallest absolute Gasteiger partial charge is 0.303 e. The molecule has 0 radical (unpaired) electrons. The Morgan fingerprint density at radius 2 is 1.04 bits per heavy atom. The first-order valence-corrected chi connectivity index (χ1v) is 9.90. The Labute approximate surface area is 160 Å². The van der Waals surface area contributed by atoms with E-state index in [1.807, 2.05) is 6.08 Å². The molecule has 0 fully saturated rings. The fourth-order valence-electron chi connectivity index (χ4n) is 2.15. The van der Waals surface area contributed by atoms with Crippen LogP contribution in [0.5, 0.6) is 0 Å². The quantitative estimate of drug-likeness (QED) is 0.178. The fraction of sp³-hybridized carbons (Fsp3) is 0.458. The summed E-state index contributed by atoms with van der Waals surface area (Å²) in [7, 11) is 0. The third kappa shape index (κ3) is 21.9. The Morgan fingerprint density at radius 1 is 0.615 bits per heavy atom. The highest BCUT2D eigenvalue weighted by Gasteiger charge is 1.90. The van der Waals surface area contributed by atoms with E-state index < -0.39 is 5.97 Å². The second-order valence-electron chi connectivity index (χ2n) is 6.05. The number of hydrogen-bond donors (Lipinski definition) is 1. The molecule has 0 saturated heterocycles. The van der Waals surface area contributed by atoms with Crippen molar-refractivity contribution in [2.75, 3.05) is 0 Å². The Kier molecular flexibility index (Phi) is 19.3. The summed E-state index contributed by atoms with van der Waals surface area (Å²) < 4.78 is 0. The zero-order chi connectivity index (χ0) is 19.1. The van der Waals surface area contributed by atoms with E-state index >= 15 is 0 Å². The zero-order valence-corrected chi connectivity index (χ0v) is 16.4. The molecule has 0 unspecified atom stereocenters. The van der Waals surface area contributed by atoms with Gasteiger partial charge in [-0.2, -0.15) is 0 Å². The van der Waals surface area contributed by atoms with Crippen LogP contribution in [0.15, 0.2) is 72.9 Å². The van der Waals surface area contributed by atoms with Gasteiger partial charge in [0.2, 0.25) is 0 Å². The number of aliphatic carboxylic acids is 1.